The van der Waals surface area contributed by atoms with Crippen molar-refractivity contribution in [2.24, 2.45) is 5.10 Å². The van der Waals surface area contributed by atoms with Crippen molar-refractivity contribution < 1.29 is 14.3 Å². The second-order valence-corrected chi connectivity index (χ2v) is 7.87. The van der Waals surface area contributed by atoms with E-state index in [0.29, 0.717) is 9.23 Å². The Morgan fingerprint density at radius 2 is 1.57 bits per heavy atom. The summed E-state index contributed by atoms with van der Waals surface area (Å²) in [7, 11) is 3.27. The fourth-order valence-electron chi connectivity index (χ4n) is 2.81. The average Bonchev–Trinajstić information content (AvgIpc) is 2.93. The van der Waals surface area contributed by atoms with Crippen molar-refractivity contribution in [3.8, 4) is 11.5 Å². The number of amides is 1. The minimum atomic E-state index is -0.232. The number of hydrogen-bond acceptors (Lipinski definition) is 6. The van der Waals surface area contributed by atoms with E-state index >= 15 is 0 Å². The maximum Gasteiger partial charge on any atom is 0.286 e. The number of ether oxygens (including phenoxy) is 2. The molecule has 2 aromatic rings. The number of methoxy groups -OCH3 is 2. The van der Waals surface area contributed by atoms with E-state index in [-0.39, 0.29) is 5.91 Å². The Bertz CT molecular complexity index is 999. The van der Waals surface area contributed by atoms with Gasteiger partial charge in [-0.1, -0.05) is 17.8 Å². The Balaban J connectivity index is 1.79. The molecular formula is C21H20N2O3S2. The number of rotatable bonds is 5. The number of nitrogens with zero attached hydrogens (tertiary/aromatic N) is 2. The Morgan fingerprint density at radius 3 is 2.14 bits per heavy atom. The molecule has 1 amide bonds. The first kappa shape index (κ1) is 20.1. The highest BCUT2D eigenvalue weighted by atomic mass is 32.2. The molecule has 0 spiro atoms. The predicted molar refractivity (Wildman–Crippen MR) is 118 cm³/mol. The van der Waals surface area contributed by atoms with Crippen LogP contribution in [-0.4, -0.2) is 35.7 Å². The van der Waals surface area contributed by atoms with Crippen LogP contribution in [0.3, 0.4) is 0 Å². The highest BCUT2D eigenvalue weighted by molar-refractivity contribution is 8.26. The molecule has 1 saturated heterocycles. The maximum absolute atomic E-state index is 12.7. The summed E-state index contributed by atoms with van der Waals surface area (Å²) in [6.07, 6.45) is 3.44. The molecule has 0 saturated carbocycles. The maximum atomic E-state index is 12.7. The third-order valence-corrected chi connectivity index (χ3v) is 5.51. The van der Waals surface area contributed by atoms with Crippen molar-refractivity contribution >= 4 is 46.5 Å². The van der Waals surface area contributed by atoms with Crippen LogP contribution in [0.4, 0.5) is 0 Å². The van der Waals surface area contributed by atoms with E-state index in [1.54, 1.807) is 20.4 Å². The SMILES string of the molecule is COc1ccc(/C=C2\SC(=S)N(/N=C/c3ccc(OC)c(C)c3)C2=O)cc1C. The quantitative estimate of drug-likeness (QED) is 0.409. The lowest BCUT2D eigenvalue weighted by Gasteiger charge is -2.07. The number of thioether (sulfide) groups is 1. The van der Waals surface area contributed by atoms with Crippen LogP contribution in [0.15, 0.2) is 46.4 Å². The predicted octanol–water partition coefficient (Wildman–Crippen LogP) is 4.56. The highest BCUT2D eigenvalue weighted by Gasteiger charge is 2.32. The van der Waals surface area contributed by atoms with Gasteiger partial charge in [0.25, 0.3) is 5.91 Å². The molecule has 0 N–H and O–H groups in total. The fourth-order valence-corrected chi connectivity index (χ4v) is 3.98. The van der Waals surface area contributed by atoms with Gasteiger partial charge in [-0.05, 0) is 84.7 Å². The van der Waals surface area contributed by atoms with E-state index in [4.69, 9.17) is 21.7 Å². The van der Waals surface area contributed by atoms with Crippen LogP contribution in [0.5, 0.6) is 11.5 Å². The largest absolute Gasteiger partial charge is 0.496 e. The van der Waals surface area contributed by atoms with Gasteiger partial charge in [-0.3, -0.25) is 4.79 Å². The normalized spacial score (nSPS) is 15.7. The van der Waals surface area contributed by atoms with Crippen LogP contribution in [-0.2, 0) is 4.79 Å². The van der Waals surface area contributed by atoms with Crippen LogP contribution < -0.4 is 9.47 Å². The van der Waals surface area contributed by atoms with Gasteiger partial charge >= 0.3 is 0 Å². The van der Waals surface area contributed by atoms with E-state index in [9.17, 15) is 4.79 Å². The Kier molecular flexibility index (Phi) is 6.16. The molecule has 28 heavy (non-hydrogen) atoms. The summed E-state index contributed by atoms with van der Waals surface area (Å²) >= 11 is 6.57. The number of carbonyl (C=O) groups is 1. The third-order valence-electron chi connectivity index (χ3n) is 4.23. The zero-order valence-electron chi connectivity index (χ0n) is 16.1. The lowest BCUT2D eigenvalue weighted by atomic mass is 10.1. The summed E-state index contributed by atoms with van der Waals surface area (Å²) in [5, 5.41) is 5.54. The van der Waals surface area contributed by atoms with Crippen molar-refractivity contribution in [3.63, 3.8) is 0 Å². The zero-order valence-corrected chi connectivity index (χ0v) is 17.7. The van der Waals surface area contributed by atoms with Gasteiger partial charge in [-0.2, -0.15) is 10.1 Å². The average molecular weight is 413 g/mol. The van der Waals surface area contributed by atoms with E-state index < -0.39 is 0 Å². The summed E-state index contributed by atoms with van der Waals surface area (Å²) < 4.78 is 10.9. The lowest BCUT2D eigenvalue weighted by Crippen LogP contribution is -2.22. The monoisotopic (exact) mass is 412 g/mol. The molecule has 1 aliphatic heterocycles. The van der Waals surface area contributed by atoms with Crippen LogP contribution in [0.1, 0.15) is 22.3 Å². The van der Waals surface area contributed by atoms with Crippen molar-refractivity contribution in [3.05, 3.63) is 63.6 Å². The summed E-state index contributed by atoms with van der Waals surface area (Å²) in [6, 6.07) is 11.4. The second kappa shape index (κ2) is 8.58. The molecule has 0 radical (unpaired) electrons. The number of benzene rings is 2. The standard InChI is InChI=1S/C21H20N2O3S2/c1-13-9-15(5-7-17(13)25-3)11-19-20(24)23(21(27)28-19)22-12-16-6-8-18(26-4)14(2)10-16/h5-12H,1-4H3/b19-11-,22-12+. The molecule has 1 aliphatic rings. The molecule has 7 heteroatoms. The van der Waals surface area contributed by atoms with Crippen LogP contribution in [0, 0.1) is 13.8 Å². The van der Waals surface area contributed by atoms with Crippen LogP contribution in [0.2, 0.25) is 0 Å². The first-order valence-electron chi connectivity index (χ1n) is 8.54. The molecule has 5 nitrogen and oxygen atoms in total. The van der Waals surface area contributed by atoms with Gasteiger partial charge in [0.15, 0.2) is 4.32 Å². The first-order valence-corrected chi connectivity index (χ1v) is 9.76. The highest BCUT2D eigenvalue weighted by Crippen LogP contribution is 2.33. The molecule has 2 aromatic carbocycles. The molecule has 0 aliphatic carbocycles. The second-order valence-electron chi connectivity index (χ2n) is 6.20. The Labute approximate surface area is 174 Å². The number of aryl methyl sites for hydroxylation is 2. The van der Waals surface area contributed by atoms with Crippen LogP contribution >= 0.6 is 24.0 Å². The molecule has 0 unspecified atom stereocenters. The minimum absolute atomic E-state index is 0.232. The zero-order chi connectivity index (χ0) is 20.3. The van der Waals surface area contributed by atoms with E-state index in [1.165, 1.54) is 16.8 Å². The van der Waals surface area contributed by atoms with Gasteiger partial charge in [0, 0.05) is 0 Å². The molecule has 0 bridgehead atoms. The molecule has 1 fully saturated rings. The van der Waals surface area contributed by atoms with Gasteiger partial charge in [0.05, 0.1) is 25.3 Å². The van der Waals surface area contributed by atoms with E-state index in [0.717, 1.165) is 33.8 Å². The first-order chi connectivity index (χ1) is 13.4. The number of thiocarbonyl (C=S) groups is 1. The third kappa shape index (κ3) is 4.26. The summed E-state index contributed by atoms with van der Waals surface area (Å²) in [5.74, 6) is 1.38. The molecule has 1 heterocycles. The molecular weight excluding hydrogens is 392 g/mol. The molecule has 144 valence electrons. The van der Waals surface area contributed by atoms with Crippen molar-refractivity contribution in [1.29, 1.82) is 0 Å². The fraction of sp³-hybridized carbons (Fsp3) is 0.190. The number of hydrazone groups is 1. The van der Waals surface area contributed by atoms with E-state index in [1.807, 2.05) is 56.3 Å². The molecule has 0 aromatic heterocycles. The van der Waals surface area contributed by atoms with Gasteiger partial charge in [0.2, 0.25) is 0 Å². The number of hydrogen-bond donors (Lipinski definition) is 0. The van der Waals surface area contributed by atoms with Gasteiger partial charge < -0.3 is 9.47 Å². The van der Waals surface area contributed by atoms with Crippen molar-refractivity contribution in [2.75, 3.05) is 14.2 Å². The van der Waals surface area contributed by atoms with Gasteiger partial charge in [0.1, 0.15) is 11.5 Å². The summed E-state index contributed by atoms with van der Waals surface area (Å²) in [5.41, 5.74) is 3.77. The molecule has 0 atom stereocenters. The van der Waals surface area contributed by atoms with Gasteiger partial charge in [-0.15, -0.1) is 0 Å². The van der Waals surface area contributed by atoms with Crippen LogP contribution in [0.25, 0.3) is 6.08 Å². The van der Waals surface area contributed by atoms with Crippen molar-refractivity contribution in [1.82, 2.24) is 5.01 Å². The van der Waals surface area contributed by atoms with E-state index in [2.05, 4.69) is 5.10 Å². The van der Waals surface area contributed by atoms with Gasteiger partial charge in [-0.25, -0.2) is 0 Å². The lowest BCUT2D eigenvalue weighted by molar-refractivity contribution is -0.122. The minimum Gasteiger partial charge on any atom is -0.496 e. The van der Waals surface area contributed by atoms with Crippen molar-refractivity contribution in [2.45, 2.75) is 13.8 Å². The molecule has 3 rings (SSSR count). The summed E-state index contributed by atoms with van der Waals surface area (Å²) in [4.78, 5) is 13.2. The Hall–Kier alpha value is -2.64. The smallest absolute Gasteiger partial charge is 0.286 e. The topological polar surface area (TPSA) is 51.1 Å². The number of carbonyl (C=O) groups excluding carboxylic acids is 1. The summed E-state index contributed by atoms with van der Waals surface area (Å²) in [6.45, 7) is 3.91. The Morgan fingerprint density at radius 1 is 1.00 bits per heavy atom.